The summed E-state index contributed by atoms with van der Waals surface area (Å²) in [6.07, 6.45) is 0. The zero-order valence-electron chi connectivity index (χ0n) is 17.1. The van der Waals surface area contributed by atoms with Gasteiger partial charge < -0.3 is 14.4 Å². The summed E-state index contributed by atoms with van der Waals surface area (Å²) in [5, 5.41) is 4.20. The van der Waals surface area contributed by atoms with Gasteiger partial charge in [-0.05, 0) is 58.9 Å². The molecule has 4 heteroatoms. The standard InChI is InChI=1S/C26H23NO2Si/c1-28-20-14-12-19(13-15-20)27-23-10-6-7-11-25(23)30(22-8-4-3-5-9-22)26-18-21(29-2)16-17-24(26)27/h3-18,30H,1-2H3/t30-/m1/s1. The van der Waals surface area contributed by atoms with Gasteiger partial charge in [0.2, 0.25) is 0 Å². The molecule has 0 amide bonds. The fourth-order valence-electron chi connectivity index (χ4n) is 4.34. The van der Waals surface area contributed by atoms with E-state index in [1.165, 1.54) is 26.9 Å². The van der Waals surface area contributed by atoms with E-state index in [9.17, 15) is 0 Å². The highest BCUT2D eigenvalue weighted by Crippen LogP contribution is 2.37. The van der Waals surface area contributed by atoms with E-state index in [0.717, 1.165) is 17.2 Å². The van der Waals surface area contributed by atoms with Crippen LogP contribution in [-0.4, -0.2) is 23.0 Å². The molecule has 0 aromatic heterocycles. The third kappa shape index (κ3) is 3.06. The minimum absolute atomic E-state index is 0.857. The summed E-state index contributed by atoms with van der Waals surface area (Å²) in [5.74, 6) is 1.76. The molecule has 1 aliphatic rings. The Morgan fingerprint density at radius 2 is 1.23 bits per heavy atom. The second kappa shape index (κ2) is 7.73. The predicted molar refractivity (Wildman–Crippen MR) is 127 cm³/mol. The van der Waals surface area contributed by atoms with Crippen molar-refractivity contribution in [2.75, 3.05) is 19.1 Å². The van der Waals surface area contributed by atoms with E-state index < -0.39 is 8.80 Å². The van der Waals surface area contributed by atoms with Crippen LogP contribution in [0.2, 0.25) is 0 Å². The summed E-state index contributed by atoms with van der Waals surface area (Å²) in [7, 11) is 1.79. The Morgan fingerprint density at radius 3 is 1.97 bits per heavy atom. The van der Waals surface area contributed by atoms with E-state index in [1.54, 1.807) is 14.2 Å². The minimum Gasteiger partial charge on any atom is -0.497 e. The number of rotatable bonds is 4. The lowest BCUT2D eigenvalue weighted by Gasteiger charge is -2.37. The Bertz CT molecular complexity index is 1180. The monoisotopic (exact) mass is 409 g/mol. The molecule has 0 saturated carbocycles. The minimum atomic E-state index is -1.65. The first-order chi connectivity index (χ1) is 14.8. The molecule has 3 nitrogen and oxygen atoms in total. The summed E-state index contributed by atoms with van der Waals surface area (Å²) < 4.78 is 11.0. The lowest BCUT2D eigenvalue weighted by molar-refractivity contribution is 0.415. The van der Waals surface area contributed by atoms with Gasteiger partial charge in [0.15, 0.2) is 0 Å². The fourth-order valence-corrected chi connectivity index (χ4v) is 7.68. The quantitative estimate of drug-likeness (QED) is 0.422. The van der Waals surface area contributed by atoms with Gasteiger partial charge in [0, 0.05) is 17.1 Å². The zero-order valence-corrected chi connectivity index (χ0v) is 18.2. The molecule has 0 bridgehead atoms. The third-order valence-electron chi connectivity index (χ3n) is 5.74. The van der Waals surface area contributed by atoms with Crippen LogP contribution in [0.4, 0.5) is 17.1 Å². The molecule has 0 spiro atoms. The number of hydrogen-bond acceptors (Lipinski definition) is 3. The first kappa shape index (κ1) is 18.5. The number of hydrogen-bond donors (Lipinski definition) is 0. The number of anilines is 3. The first-order valence-electron chi connectivity index (χ1n) is 10.1. The summed E-state index contributed by atoms with van der Waals surface area (Å²) in [5.41, 5.74) is 3.59. The third-order valence-corrected chi connectivity index (χ3v) is 8.99. The topological polar surface area (TPSA) is 21.7 Å². The number of nitrogens with zero attached hydrogens (tertiary/aromatic N) is 1. The van der Waals surface area contributed by atoms with Crippen LogP contribution in [0.5, 0.6) is 11.5 Å². The number of ether oxygens (including phenoxy) is 2. The van der Waals surface area contributed by atoms with E-state index in [4.69, 9.17) is 9.47 Å². The lowest BCUT2D eigenvalue weighted by Crippen LogP contribution is -2.57. The molecule has 1 atom stereocenters. The van der Waals surface area contributed by atoms with E-state index in [2.05, 4.69) is 89.8 Å². The highest BCUT2D eigenvalue weighted by Gasteiger charge is 2.33. The Hall–Kier alpha value is -3.50. The highest BCUT2D eigenvalue weighted by atomic mass is 28.3. The van der Waals surface area contributed by atoms with Gasteiger partial charge in [0.1, 0.15) is 20.3 Å². The SMILES string of the molecule is COc1ccc(N2c3ccccc3[Si@@H](c3ccccc3)c3cc(OC)ccc32)cc1. The molecule has 4 aromatic rings. The van der Waals surface area contributed by atoms with Crippen molar-refractivity contribution in [1.29, 1.82) is 0 Å². The number of methoxy groups -OCH3 is 2. The summed E-state index contributed by atoms with van der Waals surface area (Å²) in [6, 6.07) is 34.4. The zero-order chi connectivity index (χ0) is 20.5. The Morgan fingerprint density at radius 1 is 0.600 bits per heavy atom. The van der Waals surface area contributed by atoms with Crippen LogP contribution in [0.3, 0.4) is 0 Å². The van der Waals surface area contributed by atoms with Crippen molar-refractivity contribution in [2.24, 2.45) is 0 Å². The second-order valence-electron chi connectivity index (χ2n) is 7.36. The van der Waals surface area contributed by atoms with Crippen LogP contribution in [0.25, 0.3) is 0 Å². The van der Waals surface area contributed by atoms with Gasteiger partial charge in [-0.2, -0.15) is 0 Å². The predicted octanol–water partition coefficient (Wildman–Crippen LogP) is 3.74. The van der Waals surface area contributed by atoms with Crippen molar-refractivity contribution in [2.45, 2.75) is 0 Å². The molecule has 0 N–H and O–H groups in total. The molecule has 0 radical (unpaired) electrons. The van der Waals surface area contributed by atoms with Crippen molar-refractivity contribution in [1.82, 2.24) is 0 Å². The van der Waals surface area contributed by atoms with Gasteiger partial charge in [0.05, 0.1) is 14.2 Å². The van der Waals surface area contributed by atoms with Gasteiger partial charge >= 0.3 is 0 Å². The maximum Gasteiger partial charge on any atom is 0.138 e. The first-order valence-corrected chi connectivity index (χ1v) is 11.8. The van der Waals surface area contributed by atoms with Gasteiger partial charge in [-0.25, -0.2) is 0 Å². The van der Waals surface area contributed by atoms with Gasteiger partial charge in [-0.1, -0.05) is 53.7 Å². The van der Waals surface area contributed by atoms with Crippen LogP contribution in [0.15, 0.2) is 97.1 Å². The van der Waals surface area contributed by atoms with Crippen LogP contribution in [-0.2, 0) is 0 Å². The Kier molecular flexibility index (Phi) is 4.77. The highest BCUT2D eigenvalue weighted by molar-refractivity contribution is 6.98. The molecule has 0 aliphatic carbocycles. The average molecular weight is 410 g/mol. The molecular formula is C26H23NO2Si. The largest absolute Gasteiger partial charge is 0.497 e. The number of benzene rings is 4. The van der Waals surface area contributed by atoms with Crippen molar-refractivity contribution in [3.05, 3.63) is 97.1 Å². The molecule has 148 valence electrons. The van der Waals surface area contributed by atoms with Crippen molar-refractivity contribution in [3.8, 4) is 11.5 Å². The summed E-state index contributed by atoms with van der Waals surface area (Å²) >= 11 is 0. The van der Waals surface area contributed by atoms with Crippen molar-refractivity contribution < 1.29 is 9.47 Å². The lowest BCUT2D eigenvalue weighted by atomic mass is 10.1. The number of fused-ring (bicyclic) bond motifs is 2. The molecule has 1 aliphatic heterocycles. The van der Waals surface area contributed by atoms with Crippen LogP contribution < -0.4 is 29.9 Å². The maximum absolute atomic E-state index is 5.61. The molecule has 0 fully saturated rings. The normalized spacial score (nSPS) is 14.6. The average Bonchev–Trinajstić information content (AvgIpc) is 2.82. The van der Waals surface area contributed by atoms with Crippen molar-refractivity contribution >= 4 is 41.4 Å². The molecule has 30 heavy (non-hydrogen) atoms. The molecule has 5 rings (SSSR count). The van der Waals surface area contributed by atoms with E-state index in [1.807, 2.05) is 12.1 Å². The van der Waals surface area contributed by atoms with Crippen LogP contribution >= 0.6 is 0 Å². The van der Waals surface area contributed by atoms with E-state index in [0.29, 0.717) is 0 Å². The van der Waals surface area contributed by atoms with E-state index in [-0.39, 0.29) is 0 Å². The summed E-state index contributed by atoms with van der Waals surface area (Å²) in [4.78, 5) is 2.36. The van der Waals surface area contributed by atoms with Gasteiger partial charge in [-0.3, -0.25) is 0 Å². The van der Waals surface area contributed by atoms with Crippen LogP contribution in [0.1, 0.15) is 0 Å². The molecule has 4 aromatic carbocycles. The molecule has 0 unspecified atom stereocenters. The van der Waals surface area contributed by atoms with Gasteiger partial charge in [0.25, 0.3) is 0 Å². The molecule has 1 heterocycles. The smallest absolute Gasteiger partial charge is 0.138 e. The second-order valence-corrected chi connectivity index (χ2v) is 10.1. The van der Waals surface area contributed by atoms with Crippen molar-refractivity contribution in [3.63, 3.8) is 0 Å². The van der Waals surface area contributed by atoms with E-state index >= 15 is 0 Å². The Balaban J connectivity index is 1.77. The molecular weight excluding hydrogens is 386 g/mol. The molecule has 0 saturated heterocycles. The summed E-state index contributed by atoms with van der Waals surface area (Å²) in [6.45, 7) is 0. The Labute approximate surface area is 178 Å². The van der Waals surface area contributed by atoms with Gasteiger partial charge in [-0.15, -0.1) is 0 Å². The number of para-hydroxylation sites is 1. The fraction of sp³-hybridized carbons (Fsp3) is 0.0769. The maximum atomic E-state index is 5.61. The van der Waals surface area contributed by atoms with Crippen LogP contribution in [0, 0.1) is 0 Å².